The fraction of sp³-hybridized carbons (Fsp3) is 0.429. The second-order valence-corrected chi connectivity index (χ2v) is 7.33. The number of ether oxygens (including phenoxy) is 1. The fourth-order valence-corrected chi connectivity index (χ4v) is 3.14. The molecule has 1 fully saturated rings. The van der Waals surface area contributed by atoms with Crippen LogP contribution >= 0.6 is 0 Å². The summed E-state index contributed by atoms with van der Waals surface area (Å²) in [5.41, 5.74) is 1.85. The van der Waals surface area contributed by atoms with Gasteiger partial charge in [-0.25, -0.2) is 9.97 Å². The van der Waals surface area contributed by atoms with Crippen LogP contribution in [0.15, 0.2) is 30.3 Å². The Bertz CT molecular complexity index is 874. The molecule has 0 radical (unpaired) electrons. The van der Waals surface area contributed by atoms with Crippen LogP contribution in [0.3, 0.4) is 0 Å². The zero-order valence-corrected chi connectivity index (χ0v) is 17.3. The molecule has 0 atom stereocenters. The number of aromatic nitrogens is 2. The Kier molecular flexibility index (Phi) is 6.31. The first-order valence-electron chi connectivity index (χ1n) is 9.76. The van der Waals surface area contributed by atoms with Crippen LogP contribution in [-0.4, -0.2) is 63.9 Å². The van der Waals surface area contributed by atoms with Crippen LogP contribution in [-0.2, 0) is 4.79 Å². The van der Waals surface area contributed by atoms with Crippen LogP contribution in [0.2, 0.25) is 0 Å². The summed E-state index contributed by atoms with van der Waals surface area (Å²) in [5.74, 6) is 1.04. The number of anilines is 2. The van der Waals surface area contributed by atoms with Gasteiger partial charge >= 0.3 is 0 Å². The highest BCUT2D eigenvalue weighted by atomic mass is 16.5. The first-order valence-corrected chi connectivity index (χ1v) is 9.76. The van der Waals surface area contributed by atoms with Crippen molar-refractivity contribution in [2.75, 3.05) is 31.5 Å². The topological polar surface area (TPSA) is 87.7 Å². The third kappa shape index (κ3) is 5.43. The SMILES string of the molecule is CC(=O)N1CCN(C(=O)c2cc(C)nc(Nc3ccc(OC(C)C)cc3)n2)CC1. The van der Waals surface area contributed by atoms with Gasteiger partial charge in [-0.1, -0.05) is 0 Å². The highest BCUT2D eigenvalue weighted by molar-refractivity contribution is 5.93. The van der Waals surface area contributed by atoms with Crippen LogP contribution in [0.25, 0.3) is 0 Å². The first kappa shape index (κ1) is 20.6. The second kappa shape index (κ2) is 8.89. The predicted octanol–water partition coefficient (Wildman–Crippen LogP) is 2.62. The summed E-state index contributed by atoms with van der Waals surface area (Å²) in [7, 11) is 0. The molecule has 0 aliphatic carbocycles. The van der Waals surface area contributed by atoms with Crippen molar-refractivity contribution in [2.24, 2.45) is 0 Å². The van der Waals surface area contributed by atoms with Gasteiger partial charge in [0, 0.05) is 44.5 Å². The molecule has 2 aromatic rings. The molecule has 1 aromatic heterocycles. The summed E-state index contributed by atoms with van der Waals surface area (Å²) in [6, 6.07) is 9.19. The minimum absolute atomic E-state index is 0.0336. The predicted molar refractivity (Wildman–Crippen MR) is 110 cm³/mol. The summed E-state index contributed by atoms with van der Waals surface area (Å²) >= 11 is 0. The Labute approximate surface area is 170 Å². The van der Waals surface area contributed by atoms with E-state index in [1.54, 1.807) is 22.8 Å². The van der Waals surface area contributed by atoms with Crippen molar-refractivity contribution >= 4 is 23.5 Å². The first-order chi connectivity index (χ1) is 13.8. The molecule has 3 rings (SSSR count). The summed E-state index contributed by atoms with van der Waals surface area (Å²) < 4.78 is 5.64. The Hall–Kier alpha value is -3.16. The van der Waals surface area contributed by atoms with E-state index in [2.05, 4.69) is 15.3 Å². The van der Waals surface area contributed by atoms with Gasteiger partial charge in [0.05, 0.1) is 6.10 Å². The third-order valence-corrected chi connectivity index (χ3v) is 4.57. The van der Waals surface area contributed by atoms with Gasteiger partial charge in [0.1, 0.15) is 11.4 Å². The number of hydrogen-bond acceptors (Lipinski definition) is 6. The van der Waals surface area contributed by atoms with Gasteiger partial charge in [0.2, 0.25) is 11.9 Å². The van der Waals surface area contributed by atoms with E-state index in [0.29, 0.717) is 43.5 Å². The molecule has 1 saturated heterocycles. The smallest absolute Gasteiger partial charge is 0.272 e. The van der Waals surface area contributed by atoms with Gasteiger partial charge in [-0.15, -0.1) is 0 Å². The lowest BCUT2D eigenvalue weighted by atomic mass is 10.2. The lowest BCUT2D eigenvalue weighted by Crippen LogP contribution is -2.50. The molecule has 8 nitrogen and oxygen atoms in total. The number of piperazine rings is 1. The molecule has 2 amide bonds. The van der Waals surface area contributed by atoms with Gasteiger partial charge in [0.25, 0.3) is 5.91 Å². The summed E-state index contributed by atoms with van der Waals surface area (Å²) in [4.78, 5) is 36.6. The maximum absolute atomic E-state index is 12.9. The molecule has 0 bridgehead atoms. The number of carbonyl (C=O) groups is 2. The Morgan fingerprint density at radius 2 is 1.66 bits per heavy atom. The van der Waals surface area contributed by atoms with Crippen molar-refractivity contribution < 1.29 is 14.3 Å². The average Bonchev–Trinajstić information content (AvgIpc) is 2.68. The van der Waals surface area contributed by atoms with E-state index in [4.69, 9.17) is 4.74 Å². The largest absolute Gasteiger partial charge is 0.491 e. The number of aryl methyl sites for hydroxylation is 1. The van der Waals surface area contributed by atoms with Crippen LogP contribution in [0.4, 0.5) is 11.6 Å². The molecule has 29 heavy (non-hydrogen) atoms. The highest BCUT2D eigenvalue weighted by Crippen LogP contribution is 2.20. The zero-order valence-electron chi connectivity index (χ0n) is 17.3. The van der Waals surface area contributed by atoms with Gasteiger partial charge < -0.3 is 19.9 Å². The molecule has 1 aliphatic rings. The maximum Gasteiger partial charge on any atom is 0.272 e. The molecule has 1 aromatic carbocycles. The molecule has 0 saturated carbocycles. The summed E-state index contributed by atoms with van der Waals surface area (Å²) in [5, 5.41) is 3.14. The van der Waals surface area contributed by atoms with Crippen molar-refractivity contribution in [2.45, 2.75) is 33.8 Å². The summed E-state index contributed by atoms with van der Waals surface area (Å²) in [6.07, 6.45) is 0.111. The Morgan fingerprint density at radius 1 is 1.03 bits per heavy atom. The number of nitrogens with zero attached hydrogens (tertiary/aromatic N) is 4. The van der Waals surface area contributed by atoms with Crippen LogP contribution < -0.4 is 10.1 Å². The van der Waals surface area contributed by atoms with E-state index in [0.717, 1.165) is 11.4 Å². The zero-order chi connectivity index (χ0) is 21.0. The Balaban J connectivity index is 1.69. The number of carbonyl (C=O) groups excluding carboxylic acids is 2. The lowest BCUT2D eigenvalue weighted by molar-refractivity contribution is -0.130. The van der Waals surface area contributed by atoms with E-state index in [1.165, 1.54) is 0 Å². The fourth-order valence-electron chi connectivity index (χ4n) is 3.14. The van der Waals surface area contributed by atoms with E-state index < -0.39 is 0 Å². The van der Waals surface area contributed by atoms with Crippen molar-refractivity contribution in [1.29, 1.82) is 0 Å². The average molecular weight is 397 g/mol. The van der Waals surface area contributed by atoms with Gasteiger partial charge in [0.15, 0.2) is 0 Å². The number of benzene rings is 1. The number of nitrogens with one attached hydrogen (secondary N) is 1. The Morgan fingerprint density at radius 3 is 2.24 bits per heavy atom. The standard InChI is InChI=1S/C21H27N5O3/c1-14(2)29-18-7-5-17(6-8-18)23-21-22-15(3)13-19(24-21)20(28)26-11-9-25(10-12-26)16(4)27/h5-8,13-14H,9-12H2,1-4H3,(H,22,23,24). The van der Waals surface area contributed by atoms with Gasteiger partial charge in [-0.2, -0.15) is 0 Å². The molecular weight excluding hydrogens is 370 g/mol. The molecule has 154 valence electrons. The molecule has 1 aliphatic heterocycles. The highest BCUT2D eigenvalue weighted by Gasteiger charge is 2.24. The molecule has 1 N–H and O–H groups in total. The van der Waals surface area contributed by atoms with Crippen molar-refractivity contribution in [3.05, 3.63) is 41.7 Å². The molecule has 8 heteroatoms. The van der Waals surface area contributed by atoms with Crippen LogP contribution in [0.5, 0.6) is 5.75 Å². The van der Waals surface area contributed by atoms with Gasteiger partial charge in [-0.05, 0) is 51.1 Å². The molecule has 2 heterocycles. The van der Waals surface area contributed by atoms with Crippen molar-refractivity contribution in [1.82, 2.24) is 19.8 Å². The summed E-state index contributed by atoms with van der Waals surface area (Å²) in [6.45, 7) is 9.42. The van der Waals surface area contributed by atoms with Crippen molar-refractivity contribution in [3.63, 3.8) is 0 Å². The molecule has 0 spiro atoms. The van der Waals surface area contributed by atoms with E-state index in [-0.39, 0.29) is 17.9 Å². The number of rotatable bonds is 5. The lowest BCUT2D eigenvalue weighted by Gasteiger charge is -2.34. The third-order valence-electron chi connectivity index (χ3n) is 4.57. The minimum atomic E-state index is -0.151. The van der Waals surface area contributed by atoms with E-state index in [1.807, 2.05) is 45.0 Å². The monoisotopic (exact) mass is 397 g/mol. The van der Waals surface area contributed by atoms with Gasteiger partial charge in [-0.3, -0.25) is 9.59 Å². The van der Waals surface area contributed by atoms with Crippen LogP contribution in [0.1, 0.15) is 37.0 Å². The van der Waals surface area contributed by atoms with E-state index in [9.17, 15) is 9.59 Å². The number of amides is 2. The maximum atomic E-state index is 12.9. The van der Waals surface area contributed by atoms with E-state index >= 15 is 0 Å². The molecular formula is C21H27N5O3. The second-order valence-electron chi connectivity index (χ2n) is 7.33. The normalized spacial score (nSPS) is 14.1. The van der Waals surface area contributed by atoms with Crippen molar-refractivity contribution in [3.8, 4) is 5.75 Å². The minimum Gasteiger partial charge on any atom is -0.491 e. The number of hydrogen-bond donors (Lipinski definition) is 1. The van der Waals surface area contributed by atoms with Crippen LogP contribution in [0, 0.1) is 6.92 Å². The quantitative estimate of drug-likeness (QED) is 0.835. The molecule has 0 unspecified atom stereocenters.